The molecule has 0 radical (unpaired) electrons. The SMILES string of the molecule is CC(C)Oc1c(F)c(F)c2c(F)c(F)c(F)c(F)c2[c]1[Ga-]([c]1c(OC(C)C)c(F)c(F)c2c(F)c(F)c(F)c(F)c12)([c]1c(OC(C)C)c(F)c(F)c2c(F)c(F)c(F)c(F)c12)[c]1c(OC(C)C)c(F)c(F)c2c(F)c(F)c(F)c(F)c12. The van der Waals surface area contributed by atoms with Gasteiger partial charge in [-0.3, -0.25) is 0 Å². The van der Waals surface area contributed by atoms with Crippen LogP contribution in [-0.2, 0) is 0 Å². The molecular formula is C52H28F24GaO4-. The molecule has 0 unspecified atom stereocenters. The molecule has 0 saturated carbocycles. The molecule has 4 nitrogen and oxygen atoms in total. The summed E-state index contributed by atoms with van der Waals surface area (Å²) in [6, 6.07) is 0. The summed E-state index contributed by atoms with van der Waals surface area (Å²) in [7, 11) is 0. The molecule has 0 aliphatic heterocycles. The van der Waals surface area contributed by atoms with Crippen molar-refractivity contribution in [1.82, 2.24) is 0 Å². The molecule has 0 aliphatic carbocycles. The van der Waals surface area contributed by atoms with Crippen molar-refractivity contribution in [3.8, 4) is 23.0 Å². The van der Waals surface area contributed by atoms with E-state index in [0.29, 0.717) is 55.4 Å². The molecule has 0 atom stereocenters. The molecule has 8 rings (SSSR count). The van der Waals surface area contributed by atoms with E-state index in [9.17, 15) is 0 Å². The number of fused-ring (bicyclic) bond motifs is 4. The van der Waals surface area contributed by atoms with Gasteiger partial charge in [0.2, 0.25) is 0 Å². The molecule has 8 aromatic rings. The predicted octanol–water partition coefficient (Wildman–Crippen LogP) is 14.2. The van der Waals surface area contributed by atoms with Crippen LogP contribution in [0.3, 0.4) is 0 Å². The maximum absolute atomic E-state index is 17.9. The Morgan fingerprint density at radius 2 is 0.309 bits per heavy atom. The average molecular weight is 1240 g/mol. The monoisotopic (exact) mass is 1240 g/mol. The van der Waals surface area contributed by atoms with Crippen LogP contribution in [0.15, 0.2) is 0 Å². The quantitative estimate of drug-likeness (QED) is 0.0529. The molecule has 432 valence electrons. The van der Waals surface area contributed by atoms with Crippen LogP contribution in [0.1, 0.15) is 55.4 Å². The number of ether oxygens (including phenoxy) is 4. The standard InChI is InChI=1S/4C13H7F6O.Ga/c4*1-4(2)20-6-3-5-7(10(16)9(6)15)11(17)13(19)12(18)8(5)14;/h4*4H,1-2H3;/q;;;;-1. The van der Waals surface area contributed by atoms with Gasteiger partial charge >= 0.3 is 441 Å². The maximum atomic E-state index is 17.9. The third-order valence-electron chi connectivity index (χ3n) is 12.7. The molecular weight excluding hydrogens is 1210 g/mol. The Labute approximate surface area is 440 Å². The first-order valence-corrected chi connectivity index (χ1v) is 27.9. The molecule has 0 saturated heterocycles. The van der Waals surface area contributed by atoms with Gasteiger partial charge in [-0.25, -0.2) is 0 Å². The Morgan fingerprint density at radius 1 is 0.185 bits per heavy atom. The Bertz CT molecular complexity index is 3570. The summed E-state index contributed by atoms with van der Waals surface area (Å²) in [5.41, 5.74) is 0. The topological polar surface area (TPSA) is 36.9 Å². The summed E-state index contributed by atoms with van der Waals surface area (Å²) in [5.74, 6) is -87.1. The van der Waals surface area contributed by atoms with E-state index in [1.54, 1.807) is 0 Å². The summed E-state index contributed by atoms with van der Waals surface area (Å²) in [6.45, 7) is 5.65. The van der Waals surface area contributed by atoms with E-state index in [-0.39, 0.29) is 0 Å². The van der Waals surface area contributed by atoms with Crippen LogP contribution >= 0.6 is 0 Å². The molecule has 0 heterocycles. The van der Waals surface area contributed by atoms with Gasteiger partial charge in [-0.15, -0.1) is 0 Å². The van der Waals surface area contributed by atoms with Crippen LogP contribution in [0, 0.1) is 140 Å². The minimum atomic E-state index is -10.3. The van der Waals surface area contributed by atoms with E-state index in [1.807, 2.05) is 0 Å². The first-order chi connectivity index (χ1) is 37.6. The molecule has 0 bridgehead atoms. The van der Waals surface area contributed by atoms with Crippen molar-refractivity contribution in [2.75, 3.05) is 0 Å². The Hall–Kier alpha value is -7.04. The second kappa shape index (κ2) is 20.7. The van der Waals surface area contributed by atoms with Crippen molar-refractivity contribution in [2.45, 2.75) is 79.8 Å². The van der Waals surface area contributed by atoms with Crippen LogP contribution in [0.5, 0.6) is 23.0 Å². The molecule has 0 amide bonds. The summed E-state index contributed by atoms with van der Waals surface area (Å²) < 4.78 is 417. The van der Waals surface area contributed by atoms with Crippen molar-refractivity contribution in [2.24, 2.45) is 0 Å². The molecule has 0 spiro atoms. The zero-order chi connectivity index (χ0) is 60.7. The summed E-state index contributed by atoms with van der Waals surface area (Å²) >= 11 is -10.3. The number of halogens is 24. The van der Waals surface area contributed by atoms with Gasteiger partial charge in [0, 0.05) is 0 Å². The van der Waals surface area contributed by atoms with Crippen molar-refractivity contribution >= 4 is 74.6 Å². The number of hydrogen-bond acceptors (Lipinski definition) is 4. The van der Waals surface area contributed by atoms with E-state index in [0.717, 1.165) is 0 Å². The van der Waals surface area contributed by atoms with Crippen LogP contribution in [0.4, 0.5) is 105 Å². The number of rotatable bonds is 12. The Kier molecular flexibility index (Phi) is 15.4. The van der Waals surface area contributed by atoms with E-state index in [2.05, 4.69) is 0 Å². The first-order valence-electron chi connectivity index (χ1n) is 23.1. The number of hydrogen-bond donors (Lipinski definition) is 0. The van der Waals surface area contributed by atoms with Gasteiger partial charge in [-0.05, 0) is 0 Å². The van der Waals surface area contributed by atoms with Gasteiger partial charge in [-0.2, -0.15) is 0 Å². The van der Waals surface area contributed by atoms with Crippen LogP contribution in [0.25, 0.3) is 43.1 Å². The normalized spacial score (nSPS) is 12.4. The van der Waals surface area contributed by atoms with Gasteiger partial charge in [0.15, 0.2) is 0 Å². The van der Waals surface area contributed by atoms with E-state index in [1.165, 1.54) is 0 Å². The van der Waals surface area contributed by atoms with Gasteiger partial charge in [0.05, 0.1) is 0 Å². The third-order valence-corrected chi connectivity index (χ3v) is 24.6. The summed E-state index contributed by atoms with van der Waals surface area (Å²) in [4.78, 5) is 0. The molecule has 81 heavy (non-hydrogen) atoms. The second-order valence-corrected chi connectivity index (χ2v) is 27.5. The fourth-order valence-corrected chi connectivity index (χ4v) is 24.5. The van der Waals surface area contributed by atoms with Crippen molar-refractivity contribution < 1.29 is 124 Å². The van der Waals surface area contributed by atoms with Gasteiger partial charge in [0.25, 0.3) is 0 Å². The number of benzene rings is 8. The van der Waals surface area contributed by atoms with Crippen molar-refractivity contribution in [1.29, 1.82) is 0 Å². The molecule has 29 heteroatoms. The van der Waals surface area contributed by atoms with Gasteiger partial charge in [0.1, 0.15) is 0 Å². The Morgan fingerprint density at radius 3 is 0.444 bits per heavy atom. The average Bonchev–Trinajstić information content (AvgIpc) is 3.43. The third kappa shape index (κ3) is 8.41. The van der Waals surface area contributed by atoms with E-state index >= 15 is 105 Å². The molecule has 0 aromatic heterocycles. The summed E-state index contributed by atoms with van der Waals surface area (Å²) in [5, 5.41) is -22.3. The fourth-order valence-electron chi connectivity index (χ4n) is 10.0. The van der Waals surface area contributed by atoms with E-state index < -0.39 is 262 Å². The molecule has 0 aliphatic rings. The fraction of sp³-hybridized carbons (Fsp3) is 0.231. The first kappa shape index (κ1) is 60.1. The van der Waals surface area contributed by atoms with Crippen molar-refractivity contribution in [3.63, 3.8) is 0 Å². The van der Waals surface area contributed by atoms with E-state index in [4.69, 9.17) is 18.9 Å². The predicted molar refractivity (Wildman–Crippen MR) is 242 cm³/mol. The van der Waals surface area contributed by atoms with Gasteiger partial charge in [-0.1, -0.05) is 0 Å². The summed E-state index contributed by atoms with van der Waals surface area (Å²) in [6.07, 6.45) is -8.36. The second-order valence-electron chi connectivity index (χ2n) is 19.0. The van der Waals surface area contributed by atoms with Crippen LogP contribution < -0.4 is 35.4 Å². The Balaban J connectivity index is 2.17. The zero-order valence-corrected chi connectivity index (χ0v) is 44.0. The minimum absolute atomic E-state index is 0.707. The van der Waals surface area contributed by atoms with Crippen LogP contribution in [-0.4, -0.2) is 39.4 Å². The molecule has 0 fully saturated rings. The molecule has 8 aromatic carbocycles. The zero-order valence-electron chi connectivity index (χ0n) is 41.6. The van der Waals surface area contributed by atoms with Gasteiger partial charge < -0.3 is 0 Å². The van der Waals surface area contributed by atoms with Crippen LogP contribution in [0.2, 0.25) is 0 Å². The molecule has 0 N–H and O–H groups in total. The van der Waals surface area contributed by atoms with Crippen molar-refractivity contribution in [3.05, 3.63) is 140 Å².